The number of thioether (sulfide) groups is 2. The van der Waals surface area contributed by atoms with E-state index in [2.05, 4.69) is 15.5 Å². The van der Waals surface area contributed by atoms with Gasteiger partial charge in [0.2, 0.25) is 11.8 Å². The summed E-state index contributed by atoms with van der Waals surface area (Å²) >= 11 is 4.25. The third-order valence-corrected chi connectivity index (χ3v) is 7.04. The topological polar surface area (TPSA) is 75.2 Å². The number of hydrogen-bond acceptors (Lipinski definition) is 7. The third kappa shape index (κ3) is 6.25. The Kier molecular flexibility index (Phi) is 8.34. The minimum absolute atomic E-state index is 0.0630. The van der Waals surface area contributed by atoms with Crippen LogP contribution in [0.25, 0.3) is 0 Å². The van der Waals surface area contributed by atoms with Gasteiger partial charge in [-0.15, -0.1) is 10.2 Å². The molecule has 1 aliphatic carbocycles. The van der Waals surface area contributed by atoms with Crippen LogP contribution in [0, 0.1) is 0 Å². The van der Waals surface area contributed by atoms with Gasteiger partial charge in [-0.05, 0) is 26.7 Å². The van der Waals surface area contributed by atoms with E-state index < -0.39 is 0 Å². The highest BCUT2D eigenvalue weighted by molar-refractivity contribution is 8.03. The molecule has 0 bridgehead atoms. The predicted octanol–water partition coefficient (Wildman–Crippen LogP) is 2.65. The Labute approximate surface area is 155 Å². The fourth-order valence-corrected chi connectivity index (χ4v) is 5.31. The van der Waals surface area contributed by atoms with E-state index in [9.17, 15) is 9.59 Å². The summed E-state index contributed by atoms with van der Waals surface area (Å²) in [5.74, 6) is 0.926. The maximum atomic E-state index is 12.0. The maximum absolute atomic E-state index is 12.0. The molecule has 134 valence electrons. The Hall–Kier alpha value is -0.800. The Morgan fingerprint density at radius 2 is 1.71 bits per heavy atom. The summed E-state index contributed by atoms with van der Waals surface area (Å²) in [6.45, 7) is 5.40. The van der Waals surface area contributed by atoms with Crippen LogP contribution in [0.4, 0.5) is 0 Å². The van der Waals surface area contributed by atoms with Gasteiger partial charge in [-0.2, -0.15) is 0 Å². The molecule has 1 aromatic rings. The highest BCUT2D eigenvalue weighted by Gasteiger charge is 2.18. The van der Waals surface area contributed by atoms with Crippen molar-refractivity contribution in [3.05, 3.63) is 0 Å². The Balaban J connectivity index is 1.70. The Morgan fingerprint density at radius 3 is 2.29 bits per heavy atom. The van der Waals surface area contributed by atoms with Crippen LogP contribution in [0.3, 0.4) is 0 Å². The zero-order valence-electron chi connectivity index (χ0n) is 14.1. The van der Waals surface area contributed by atoms with Gasteiger partial charge in [0, 0.05) is 19.1 Å². The molecular weight excluding hydrogens is 364 g/mol. The smallest absolute Gasteiger partial charge is 0.233 e. The maximum Gasteiger partial charge on any atom is 0.233 e. The molecule has 0 spiro atoms. The number of amides is 2. The molecule has 0 atom stereocenters. The second-order valence-electron chi connectivity index (χ2n) is 5.53. The zero-order chi connectivity index (χ0) is 17.4. The van der Waals surface area contributed by atoms with E-state index in [1.807, 2.05) is 13.8 Å². The summed E-state index contributed by atoms with van der Waals surface area (Å²) in [7, 11) is 0. The zero-order valence-corrected chi connectivity index (χ0v) is 16.6. The van der Waals surface area contributed by atoms with Gasteiger partial charge in [0.25, 0.3) is 0 Å². The first-order valence-corrected chi connectivity index (χ1v) is 11.1. The van der Waals surface area contributed by atoms with Crippen LogP contribution in [0.1, 0.15) is 39.5 Å². The van der Waals surface area contributed by atoms with Crippen molar-refractivity contribution in [1.82, 2.24) is 20.4 Å². The first kappa shape index (κ1) is 19.5. The molecule has 0 unspecified atom stereocenters. The van der Waals surface area contributed by atoms with Crippen molar-refractivity contribution < 1.29 is 9.59 Å². The average molecular weight is 389 g/mol. The summed E-state index contributed by atoms with van der Waals surface area (Å²) < 4.78 is 1.54. The Bertz CT molecular complexity index is 543. The van der Waals surface area contributed by atoms with Gasteiger partial charge < -0.3 is 10.2 Å². The van der Waals surface area contributed by atoms with Gasteiger partial charge in [-0.3, -0.25) is 9.59 Å². The molecule has 2 amide bonds. The van der Waals surface area contributed by atoms with E-state index >= 15 is 0 Å². The summed E-state index contributed by atoms with van der Waals surface area (Å²) in [5, 5.41) is 11.2. The van der Waals surface area contributed by atoms with E-state index in [0.717, 1.165) is 34.6 Å². The van der Waals surface area contributed by atoms with Gasteiger partial charge in [0.05, 0.1) is 11.5 Å². The van der Waals surface area contributed by atoms with Gasteiger partial charge in [0.1, 0.15) is 0 Å². The van der Waals surface area contributed by atoms with E-state index in [0.29, 0.717) is 17.5 Å². The van der Waals surface area contributed by atoms with Gasteiger partial charge in [-0.1, -0.05) is 47.7 Å². The molecule has 6 nitrogen and oxygen atoms in total. The largest absolute Gasteiger partial charge is 0.353 e. The van der Waals surface area contributed by atoms with E-state index in [4.69, 9.17) is 0 Å². The fourth-order valence-electron chi connectivity index (χ4n) is 2.57. The number of carbonyl (C=O) groups excluding carboxylic acids is 2. The summed E-state index contributed by atoms with van der Waals surface area (Å²) in [6, 6.07) is 0.352. The lowest BCUT2D eigenvalue weighted by molar-refractivity contribution is -0.128. The highest BCUT2D eigenvalue weighted by Crippen LogP contribution is 2.29. The number of nitrogens with zero attached hydrogens (tertiary/aromatic N) is 3. The standard InChI is InChI=1S/C15H24N4O2S3/c1-3-19(4-2)13(21)10-23-15-18-17-14(24-15)22-9-12(20)16-11-7-5-6-8-11/h11H,3-10H2,1-2H3,(H,16,20). The van der Waals surface area contributed by atoms with Gasteiger partial charge in [-0.25, -0.2) is 0 Å². The number of nitrogens with one attached hydrogen (secondary N) is 1. The summed E-state index contributed by atoms with van der Waals surface area (Å²) in [4.78, 5) is 25.7. The molecule has 2 rings (SSSR count). The predicted molar refractivity (Wildman–Crippen MR) is 99.7 cm³/mol. The fraction of sp³-hybridized carbons (Fsp3) is 0.733. The van der Waals surface area contributed by atoms with Crippen LogP contribution >= 0.6 is 34.9 Å². The molecule has 9 heteroatoms. The molecule has 0 radical (unpaired) electrons. The van der Waals surface area contributed by atoms with Crippen molar-refractivity contribution in [2.75, 3.05) is 24.6 Å². The molecule has 1 heterocycles. The third-order valence-electron chi connectivity index (χ3n) is 3.87. The van der Waals surface area contributed by atoms with Crippen molar-refractivity contribution >= 4 is 46.7 Å². The van der Waals surface area contributed by atoms with Crippen LogP contribution in [-0.2, 0) is 9.59 Å². The molecule has 1 N–H and O–H groups in total. The lowest BCUT2D eigenvalue weighted by Crippen LogP contribution is -2.33. The average Bonchev–Trinajstić information content (AvgIpc) is 3.24. The SMILES string of the molecule is CCN(CC)C(=O)CSc1nnc(SCC(=O)NC2CCCC2)s1. The normalized spacial score (nSPS) is 14.8. The van der Waals surface area contributed by atoms with Crippen molar-refractivity contribution in [2.45, 2.75) is 54.3 Å². The quantitative estimate of drug-likeness (QED) is 0.656. The van der Waals surface area contributed by atoms with E-state index in [-0.39, 0.29) is 11.8 Å². The van der Waals surface area contributed by atoms with Crippen molar-refractivity contribution in [3.8, 4) is 0 Å². The molecule has 1 aliphatic rings. The minimum Gasteiger partial charge on any atom is -0.353 e. The number of carbonyl (C=O) groups is 2. The Morgan fingerprint density at radius 1 is 1.12 bits per heavy atom. The van der Waals surface area contributed by atoms with Crippen molar-refractivity contribution in [3.63, 3.8) is 0 Å². The van der Waals surface area contributed by atoms with Gasteiger partial charge >= 0.3 is 0 Å². The number of hydrogen-bond donors (Lipinski definition) is 1. The second kappa shape index (κ2) is 10.2. The van der Waals surface area contributed by atoms with Crippen molar-refractivity contribution in [2.24, 2.45) is 0 Å². The molecule has 24 heavy (non-hydrogen) atoms. The second-order valence-corrected chi connectivity index (χ2v) is 8.95. The minimum atomic E-state index is 0.0630. The molecule has 1 fully saturated rings. The lowest BCUT2D eigenvalue weighted by atomic mass is 10.2. The van der Waals surface area contributed by atoms with E-state index in [1.165, 1.54) is 47.7 Å². The van der Waals surface area contributed by atoms with Crippen LogP contribution in [0.15, 0.2) is 8.68 Å². The van der Waals surface area contributed by atoms with Crippen LogP contribution in [0.5, 0.6) is 0 Å². The monoisotopic (exact) mass is 388 g/mol. The molecule has 0 aromatic carbocycles. The molecular formula is C15H24N4O2S3. The van der Waals surface area contributed by atoms with Crippen molar-refractivity contribution in [1.29, 1.82) is 0 Å². The number of aromatic nitrogens is 2. The molecule has 1 saturated carbocycles. The van der Waals surface area contributed by atoms with Crippen LogP contribution in [-0.4, -0.2) is 57.5 Å². The number of rotatable bonds is 9. The summed E-state index contributed by atoms with van der Waals surface area (Å²) in [5.41, 5.74) is 0. The van der Waals surface area contributed by atoms with E-state index in [1.54, 1.807) is 4.90 Å². The van der Waals surface area contributed by atoms with Crippen LogP contribution < -0.4 is 5.32 Å². The first-order valence-electron chi connectivity index (χ1n) is 8.28. The van der Waals surface area contributed by atoms with Gasteiger partial charge in [0.15, 0.2) is 8.68 Å². The first-order chi connectivity index (χ1) is 11.6. The highest BCUT2D eigenvalue weighted by atomic mass is 32.2. The molecule has 0 aliphatic heterocycles. The molecule has 0 saturated heterocycles. The summed E-state index contributed by atoms with van der Waals surface area (Å²) in [6.07, 6.45) is 4.61. The molecule has 1 aromatic heterocycles. The van der Waals surface area contributed by atoms with Crippen LogP contribution in [0.2, 0.25) is 0 Å². The lowest BCUT2D eigenvalue weighted by Gasteiger charge is -2.17.